The molecule has 18 heavy (non-hydrogen) atoms. The number of pyridine rings is 1. The van der Waals surface area contributed by atoms with Crippen molar-refractivity contribution in [3.63, 3.8) is 0 Å². The van der Waals surface area contributed by atoms with Crippen LogP contribution in [0.5, 0.6) is 5.88 Å². The first-order valence-corrected chi connectivity index (χ1v) is 6.23. The first kappa shape index (κ1) is 14.4. The van der Waals surface area contributed by atoms with Crippen molar-refractivity contribution >= 4 is 5.91 Å². The molecule has 1 rings (SSSR count). The number of nitrogens with one attached hydrogen (secondary N) is 2. The SMILES string of the molecule is CCCNC(=O)CCNCc1cccc(OC)n1. The minimum Gasteiger partial charge on any atom is -0.481 e. The molecular weight excluding hydrogens is 230 g/mol. The van der Waals surface area contributed by atoms with Crippen molar-refractivity contribution in [2.75, 3.05) is 20.2 Å². The molecule has 2 N–H and O–H groups in total. The zero-order valence-corrected chi connectivity index (χ0v) is 11.0. The van der Waals surface area contributed by atoms with E-state index in [1.54, 1.807) is 7.11 Å². The molecule has 1 aromatic heterocycles. The Kier molecular flexibility index (Phi) is 6.79. The Balaban J connectivity index is 2.19. The van der Waals surface area contributed by atoms with Crippen LogP contribution in [0.2, 0.25) is 0 Å². The van der Waals surface area contributed by atoms with Gasteiger partial charge >= 0.3 is 0 Å². The highest BCUT2D eigenvalue weighted by atomic mass is 16.5. The summed E-state index contributed by atoms with van der Waals surface area (Å²) in [4.78, 5) is 15.6. The number of hydrogen-bond donors (Lipinski definition) is 2. The zero-order valence-electron chi connectivity index (χ0n) is 11.0. The Morgan fingerprint density at radius 1 is 1.39 bits per heavy atom. The Hall–Kier alpha value is -1.62. The standard InChI is InChI=1S/C13H21N3O2/c1-3-8-15-12(17)7-9-14-10-11-5-4-6-13(16-11)18-2/h4-6,14H,3,7-10H2,1-2H3,(H,15,17). The Morgan fingerprint density at radius 2 is 2.22 bits per heavy atom. The van der Waals surface area contributed by atoms with Crippen LogP contribution >= 0.6 is 0 Å². The smallest absolute Gasteiger partial charge is 0.221 e. The van der Waals surface area contributed by atoms with Gasteiger partial charge < -0.3 is 15.4 Å². The molecule has 5 heteroatoms. The lowest BCUT2D eigenvalue weighted by Crippen LogP contribution is -2.28. The van der Waals surface area contributed by atoms with Gasteiger partial charge in [-0.15, -0.1) is 0 Å². The molecular formula is C13H21N3O2. The third kappa shape index (κ3) is 5.63. The largest absolute Gasteiger partial charge is 0.481 e. The molecule has 0 atom stereocenters. The molecule has 0 saturated carbocycles. The van der Waals surface area contributed by atoms with E-state index in [2.05, 4.69) is 15.6 Å². The van der Waals surface area contributed by atoms with E-state index in [4.69, 9.17) is 4.74 Å². The highest BCUT2D eigenvalue weighted by Crippen LogP contribution is 2.05. The number of aromatic nitrogens is 1. The van der Waals surface area contributed by atoms with Crippen LogP contribution in [0.25, 0.3) is 0 Å². The molecule has 0 saturated heterocycles. The van der Waals surface area contributed by atoms with Gasteiger partial charge in [-0.1, -0.05) is 13.0 Å². The number of nitrogens with zero attached hydrogens (tertiary/aromatic N) is 1. The highest BCUT2D eigenvalue weighted by molar-refractivity contribution is 5.75. The molecule has 0 aliphatic rings. The fourth-order valence-corrected chi connectivity index (χ4v) is 1.44. The van der Waals surface area contributed by atoms with Gasteiger partial charge in [0.2, 0.25) is 11.8 Å². The van der Waals surface area contributed by atoms with Crippen LogP contribution < -0.4 is 15.4 Å². The van der Waals surface area contributed by atoms with Crippen LogP contribution in [0.4, 0.5) is 0 Å². The lowest BCUT2D eigenvalue weighted by molar-refractivity contribution is -0.120. The monoisotopic (exact) mass is 251 g/mol. The summed E-state index contributed by atoms with van der Waals surface area (Å²) in [5.41, 5.74) is 0.906. The van der Waals surface area contributed by atoms with Crippen LogP contribution in [-0.2, 0) is 11.3 Å². The van der Waals surface area contributed by atoms with Gasteiger partial charge in [-0.05, 0) is 12.5 Å². The summed E-state index contributed by atoms with van der Waals surface area (Å²) < 4.78 is 5.04. The number of methoxy groups -OCH3 is 1. The molecule has 0 fully saturated rings. The van der Waals surface area contributed by atoms with Crippen molar-refractivity contribution in [2.45, 2.75) is 26.3 Å². The summed E-state index contributed by atoms with van der Waals surface area (Å²) in [6.07, 6.45) is 1.46. The van der Waals surface area contributed by atoms with E-state index >= 15 is 0 Å². The fraction of sp³-hybridized carbons (Fsp3) is 0.538. The predicted octanol–water partition coefficient (Wildman–Crippen LogP) is 1.10. The molecule has 100 valence electrons. The maximum absolute atomic E-state index is 11.3. The minimum atomic E-state index is 0.0861. The molecule has 1 amide bonds. The average Bonchev–Trinajstić information content (AvgIpc) is 2.41. The highest BCUT2D eigenvalue weighted by Gasteiger charge is 2.00. The number of rotatable bonds is 8. The number of ether oxygens (including phenoxy) is 1. The topological polar surface area (TPSA) is 63.2 Å². The lowest BCUT2D eigenvalue weighted by Gasteiger charge is -2.06. The van der Waals surface area contributed by atoms with Gasteiger partial charge in [0.1, 0.15) is 0 Å². The van der Waals surface area contributed by atoms with Gasteiger partial charge in [-0.2, -0.15) is 0 Å². The van der Waals surface area contributed by atoms with E-state index in [0.29, 0.717) is 25.4 Å². The summed E-state index contributed by atoms with van der Waals surface area (Å²) >= 11 is 0. The van der Waals surface area contributed by atoms with Crippen molar-refractivity contribution in [2.24, 2.45) is 0 Å². The summed E-state index contributed by atoms with van der Waals surface area (Å²) in [6, 6.07) is 5.63. The van der Waals surface area contributed by atoms with E-state index in [-0.39, 0.29) is 5.91 Å². The van der Waals surface area contributed by atoms with E-state index in [1.165, 1.54) is 0 Å². The molecule has 0 spiro atoms. The maximum Gasteiger partial charge on any atom is 0.221 e. The Labute approximate surface area is 108 Å². The lowest BCUT2D eigenvalue weighted by atomic mass is 10.3. The van der Waals surface area contributed by atoms with E-state index in [9.17, 15) is 4.79 Å². The third-order valence-corrected chi connectivity index (χ3v) is 2.40. The van der Waals surface area contributed by atoms with Crippen molar-refractivity contribution in [3.8, 4) is 5.88 Å². The maximum atomic E-state index is 11.3. The first-order chi connectivity index (χ1) is 8.76. The second kappa shape index (κ2) is 8.47. The van der Waals surface area contributed by atoms with Gasteiger partial charge in [0, 0.05) is 32.1 Å². The van der Waals surface area contributed by atoms with Crippen LogP contribution in [0.15, 0.2) is 18.2 Å². The quantitative estimate of drug-likeness (QED) is 0.679. The molecule has 0 aliphatic heterocycles. The van der Waals surface area contributed by atoms with Gasteiger partial charge in [0.05, 0.1) is 12.8 Å². The summed E-state index contributed by atoms with van der Waals surface area (Å²) in [5.74, 6) is 0.693. The number of carbonyl (C=O) groups is 1. The molecule has 0 unspecified atom stereocenters. The normalized spacial score (nSPS) is 10.1. The fourth-order valence-electron chi connectivity index (χ4n) is 1.44. The molecule has 1 heterocycles. The Bertz CT molecular complexity index is 369. The number of hydrogen-bond acceptors (Lipinski definition) is 4. The average molecular weight is 251 g/mol. The summed E-state index contributed by atoms with van der Waals surface area (Å²) in [6.45, 7) is 4.07. The minimum absolute atomic E-state index is 0.0861. The van der Waals surface area contributed by atoms with Crippen molar-refractivity contribution < 1.29 is 9.53 Å². The second-order valence-corrected chi connectivity index (χ2v) is 3.95. The molecule has 0 aliphatic carbocycles. The van der Waals surface area contributed by atoms with Gasteiger partial charge in [-0.25, -0.2) is 4.98 Å². The predicted molar refractivity (Wildman–Crippen MR) is 70.4 cm³/mol. The Morgan fingerprint density at radius 3 is 2.94 bits per heavy atom. The van der Waals surface area contributed by atoms with Gasteiger partial charge in [-0.3, -0.25) is 4.79 Å². The van der Waals surface area contributed by atoms with E-state index in [0.717, 1.165) is 18.7 Å². The van der Waals surface area contributed by atoms with E-state index in [1.807, 2.05) is 25.1 Å². The van der Waals surface area contributed by atoms with Crippen LogP contribution in [0.1, 0.15) is 25.5 Å². The zero-order chi connectivity index (χ0) is 13.2. The second-order valence-electron chi connectivity index (χ2n) is 3.95. The molecule has 0 radical (unpaired) electrons. The van der Waals surface area contributed by atoms with Crippen LogP contribution in [-0.4, -0.2) is 31.1 Å². The summed E-state index contributed by atoms with van der Waals surface area (Å²) in [7, 11) is 1.59. The molecule has 0 bridgehead atoms. The van der Waals surface area contributed by atoms with Crippen LogP contribution in [0, 0.1) is 0 Å². The molecule has 5 nitrogen and oxygen atoms in total. The van der Waals surface area contributed by atoms with Gasteiger partial charge in [0.25, 0.3) is 0 Å². The number of carbonyl (C=O) groups excluding carboxylic acids is 1. The van der Waals surface area contributed by atoms with Crippen molar-refractivity contribution in [1.29, 1.82) is 0 Å². The van der Waals surface area contributed by atoms with E-state index < -0.39 is 0 Å². The first-order valence-electron chi connectivity index (χ1n) is 6.23. The van der Waals surface area contributed by atoms with Crippen molar-refractivity contribution in [1.82, 2.24) is 15.6 Å². The molecule has 0 aromatic carbocycles. The van der Waals surface area contributed by atoms with Gasteiger partial charge in [0.15, 0.2) is 0 Å². The third-order valence-electron chi connectivity index (χ3n) is 2.40. The summed E-state index contributed by atoms with van der Waals surface area (Å²) in [5, 5.41) is 6.02. The number of amides is 1. The van der Waals surface area contributed by atoms with Crippen molar-refractivity contribution in [3.05, 3.63) is 23.9 Å². The molecule has 1 aromatic rings. The van der Waals surface area contributed by atoms with Crippen LogP contribution in [0.3, 0.4) is 0 Å².